The zero-order valence-electron chi connectivity index (χ0n) is 13.1. The zero-order chi connectivity index (χ0) is 20.2. The third kappa shape index (κ3) is 3.45. The molecule has 3 heterocycles. The SMILES string of the molecule is CCS(=O)(=O)c1cc(Br)cnc1-c1cn2nc(C(F)(F)C(F)(F)F)sc2n1. The number of rotatable bonds is 4. The Morgan fingerprint density at radius 2 is 1.93 bits per heavy atom. The van der Waals surface area contributed by atoms with E-state index < -0.39 is 26.9 Å². The summed E-state index contributed by atoms with van der Waals surface area (Å²) in [6.45, 7) is 1.43. The van der Waals surface area contributed by atoms with Crippen molar-refractivity contribution in [2.75, 3.05) is 5.75 Å². The first-order valence-electron chi connectivity index (χ1n) is 7.06. The lowest BCUT2D eigenvalue weighted by Crippen LogP contribution is -2.33. The second-order valence-electron chi connectivity index (χ2n) is 5.24. The number of pyridine rings is 1. The molecule has 0 aliphatic heterocycles. The highest BCUT2D eigenvalue weighted by atomic mass is 79.9. The predicted octanol–water partition coefficient (Wildman–Crippen LogP) is 4.06. The standard InChI is InChI=1S/C13H8BrF5N4O2S2/c1-2-27(24,25)8-3-6(14)4-20-9(8)7-5-23-11(21-7)26-10(22-23)12(15,16)13(17,18)19/h3-5H,2H2,1H3. The van der Waals surface area contributed by atoms with E-state index >= 15 is 0 Å². The Labute approximate surface area is 161 Å². The molecule has 0 unspecified atom stereocenters. The molecule has 0 spiro atoms. The molecule has 0 aromatic carbocycles. The van der Waals surface area contributed by atoms with Gasteiger partial charge in [0, 0.05) is 10.7 Å². The van der Waals surface area contributed by atoms with Gasteiger partial charge in [-0.25, -0.2) is 17.9 Å². The van der Waals surface area contributed by atoms with Gasteiger partial charge in [-0.3, -0.25) is 4.98 Å². The summed E-state index contributed by atoms with van der Waals surface area (Å²) in [6.07, 6.45) is -3.43. The number of hydrogen-bond acceptors (Lipinski definition) is 6. The maximum Gasteiger partial charge on any atom is 0.460 e. The highest BCUT2D eigenvalue weighted by Gasteiger charge is 2.61. The normalized spacial score (nSPS) is 13.4. The molecule has 3 rings (SSSR count). The maximum absolute atomic E-state index is 13.4. The van der Waals surface area contributed by atoms with Crippen LogP contribution in [0.15, 0.2) is 27.8 Å². The first-order chi connectivity index (χ1) is 12.4. The molecule has 0 amide bonds. The molecular formula is C13H8BrF5N4O2S2. The van der Waals surface area contributed by atoms with E-state index in [1.807, 2.05) is 0 Å². The molecule has 27 heavy (non-hydrogen) atoms. The van der Waals surface area contributed by atoms with E-state index in [4.69, 9.17) is 0 Å². The van der Waals surface area contributed by atoms with Gasteiger partial charge in [0.25, 0.3) is 0 Å². The number of fused-ring (bicyclic) bond motifs is 1. The lowest BCUT2D eigenvalue weighted by atomic mass is 10.3. The topological polar surface area (TPSA) is 77.2 Å². The summed E-state index contributed by atoms with van der Waals surface area (Å²) in [5, 5.41) is 1.78. The highest BCUT2D eigenvalue weighted by molar-refractivity contribution is 9.10. The van der Waals surface area contributed by atoms with Gasteiger partial charge >= 0.3 is 12.1 Å². The largest absolute Gasteiger partial charge is 0.460 e. The minimum absolute atomic E-state index is 0.0184. The fraction of sp³-hybridized carbons (Fsp3) is 0.308. The van der Waals surface area contributed by atoms with Crippen molar-refractivity contribution in [1.82, 2.24) is 19.6 Å². The molecule has 0 fully saturated rings. The molecule has 0 bridgehead atoms. The molecule has 146 valence electrons. The Morgan fingerprint density at radius 3 is 2.48 bits per heavy atom. The van der Waals surface area contributed by atoms with Gasteiger partial charge in [0.2, 0.25) is 4.96 Å². The van der Waals surface area contributed by atoms with Crippen LogP contribution in [0.25, 0.3) is 16.3 Å². The number of hydrogen-bond donors (Lipinski definition) is 0. The molecule has 0 aliphatic rings. The highest BCUT2D eigenvalue weighted by Crippen LogP contribution is 2.45. The van der Waals surface area contributed by atoms with Crippen LogP contribution in [-0.2, 0) is 15.8 Å². The van der Waals surface area contributed by atoms with Crippen molar-refractivity contribution in [3.8, 4) is 11.4 Å². The maximum atomic E-state index is 13.4. The van der Waals surface area contributed by atoms with Crippen LogP contribution in [0.1, 0.15) is 11.9 Å². The molecule has 14 heteroatoms. The fourth-order valence-electron chi connectivity index (χ4n) is 2.07. The van der Waals surface area contributed by atoms with E-state index in [-0.39, 0.29) is 38.3 Å². The number of aromatic nitrogens is 4. The summed E-state index contributed by atoms with van der Waals surface area (Å²) in [7, 11) is -3.70. The number of sulfone groups is 1. The first-order valence-corrected chi connectivity index (χ1v) is 10.3. The molecule has 0 atom stereocenters. The Balaban J connectivity index is 2.12. The Kier molecular flexibility index (Phi) is 4.79. The van der Waals surface area contributed by atoms with Crippen LogP contribution in [0.5, 0.6) is 0 Å². The van der Waals surface area contributed by atoms with E-state index in [0.717, 1.165) is 10.7 Å². The van der Waals surface area contributed by atoms with Gasteiger partial charge in [-0.1, -0.05) is 18.3 Å². The van der Waals surface area contributed by atoms with Crippen LogP contribution in [-0.4, -0.2) is 39.9 Å². The van der Waals surface area contributed by atoms with Crippen molar-refractivity contribution < 1.29 is 30.4 Å². The van der Waals surface area contributed by atoms with Crippen molar-refractivity contribution in [1.29, 1.82) is 0 Å². The molecule has 0 radical (unpaired) electrons. The van der Waals surface area contributed by atoms with E-state index in [2.05, 4.69) is 31.0 Å². The van der Waals surface area contributed by atoms with E-state index in [1.54, 1.807) is 0 Å². The second kappa shape index (κ2) is 6.44. The number of imidazole rings is 1. The fourth-order valence-corrected chi connectivity index (χ4v) is 4.50. The van der Waals surface area contributed by atoms with Crippen molar-refractivity contribution in [3.63, 3.8) is 0 Å². The van der Waals surface area contributed by atoms with Crippen LogP contribution in [0, 0.1) is 0 Å². The number of alkyl halides is 5. The van der Waals surface area contributed by atoms with E-state index in [0.29, 0.717) is 4.47 Å². The van der Waals surface area contributed by atoms with Gasteiger partial charge in [-0.15, -0.1) is 0 Å². The van der Waals surface area contributed by atoms with Crippen LogP contribution in [0.4, 0.5) is 22.0 Å². The van der Waals surface area contributed by atoms with Crippen molar-refractivity contribution in [3.05, 3.63) is 27.9 Å². The van der Waals surface area contributed by atoms with Crippen LogP contribution in [0.3, 0.4) is 0 Å². The lowest BCUT2D eigenvalue weighted by Gasteiger charge is -2.15. The van der Waals surface area contributed by atoms with Crippen LogP contribution in [0.2, 0.25) is 0 Å². The Morgan fingerprint density at radius 1 is 1.26 bits per heavy atom. The molecule has 6 nitrogen and oxygen atoms in total. The lowest BCUT2D eigenvalue weighted by molar-refractivity contribution is -0.289. The summed E-state index contributed by atoms with van der Waals surface area (Å²) in [4.78, 5) is 7.50. The molecular weight excluding hydrogens is 483 g/mol. The summed E-state index contributed by atoms with van der Waals surface area (Å²) in [5.74, 6) is -5.34. The van der Waals surface area contributed by atoms with Gasteiger partial charge in [-0.2, -0.15) is 27.1 Å². The average molecular weight is 491 g/mol. The quantitative estimate of drug-likeness (QED) is 0.515. The molecule has 0 aliphatic carbocycles. The number of nitrogens with zero attached hydrogens (tertiary/aromatic N) is 4. The zero-order valence-corrected chi connectivity index (χ0v) is 16.3. The van der Waals surface area contributed by atoms with Gasteiger partial charge in [0.05, 0.1) is 16.8 Å². The van der Waals surface area contributed by atoms with E-state index in [9.17, 15) is 30.4 Å². The first kappa shape index (κ1) is 20.1. The van der Waals surface area contributed by atoms with Gasteiger partial charge in [0.1, 0.15) is 11.4 Å². The van der Waals surface area contributed by atoms with E-state index in [1.165, 1.54) is 19.2 Å². The smallest absolute Gasteiger partial charge is 0.252 e. The second-order valence-corrected chi connectivity index (χ2v) is 9.35. The van der Waals surface area contributed by atoms with Gasteiger partial charge in [0.15, 0.2) is 14.8 Å². The van der Waals surface area contributed by atoms with Crippen molar-refractivity contribution in [2.24, 2.45) is 0 Å². The van der Waals surface area contributed by atoms with Gasteiger partial charge in [-0.05, 0) is 22.0 Å². The Bertz CT molecular complexity index is 1090. The summed E-state index contributed by atoms with van der Waals surface area (Å²) >= 11 is 3.17. The van der Waals surface area contributed by atoms with Crippen molar-refractivity contribution >= 4 is 42.1 Å². The van der Waals surface area contributed by atoms with Gasteiger partial charge < -0.3 is 0 Å². The third-order valence-electron chi connectivity index (χ3n) is 3.44. The molecule has 3 aromatic rings. The van der Waals surface area contributed by atoms with Crippen LogP contribution < -0.4 is 0 Å². The number of halogens is 6. The summed E-state index contributed by atoms with van der Waals surface area (Å²) in [6, 6.07) is 1.31. The third-order valence-corrected chi connectivity index (χ3v) is 6.61. The Hall–Kier alpha value is -1.67. The average Bonchev–Trinajstić information content (AvgIpc) is 3.12. The van der Waals surface area contributed by atoms with Crippen molar-refractivity contribution in [2.45, 2.75) is 23.9 Å². The minimum Gasteiger partial charge on any atom is -0.252 e. The molecule has 0 N–H and O–H groups in total. The molecule has 3 aromatic heterocycles. The predicted molar refractivity (Wildman–Crippen MR) is 89.5 cm³/mol. The van der Waals surface area contributed by atoms with Crippen LogP contribution >= 0.6 is 27.3 Å². The molecule has 0 saturated carbocycles. The monoisotopic (exact) mass is 490 g/mol. The minimum atomic E-state index is -5.79. The summed E-state index contributed by atoms with van der Waals surface area (Å²) < 4.78 is 89.8. The molecule has 0 saturated heterocycles. The summed E-state index contributed by atoms with van der Waals surface area (Å²) in [5.41, 5.74) is -0.0722.